The van der Waals surface area contributed by atoms with E-state index >= 15 is 0 Å². The standard InChI is InChI=1S/C23H46O4Si/c1-5-8-10-12-20-28(4,21-13-11-9-6-2)22-14-15-25-16-17-26-18-19-27-23(24)7-3/h7H,3,5-6,8-22H2,1-2,4H3. The topological polar surface area (TPSA) is 44.8 Å². The molecule has 0 rings (SSSR count). The Hall–Kier alpha value is -0.653. The van der Waals surface area contributed by atoms with Crippen LogP contribution in [0.5, 0.6) is 0 Å². The number of carbonyl (C=O) groups excluding carboxylic acids is 1. The van der Waals surface area contributed by atoms with Crippen molar-refractivity contribution in [1.82, 2.24) is 0 Å². The smallest absolute Gasteiger partial charge is 0.330 e. The summed E-state index contributed by atoms with van der Waals surface area (Å²) in [6, 6.07) is 4.38. The molecule has 166 valence electrons. The van der Waals surface area contributed by atoms with E-state index in [1.165, 1.54) is 75.9 Å². The number of carbonyl (C=O) groups is 1. The van der Waals surface area contributed by atoms with Gasteiger partial charge >= 0.3 is 5.97 Å². The van der Waals surface area contributed by atoms with Crippen LogP contribution in [0.1, 0.15) is 71.6 Å². The second-order valence-corrected chi connectivity index (χ2v) is 13.3. The second-order valence-electron chi connectivity index (χ2n) is 8.13. The Morgan fingerprint density at radius 2 is 1.25 bits per heavy atom. The first-order chi connectivity index (χ1) is 13.6. The van der Waals surface area contributed by atoms with E-state index in [1.807, 2.05) is 0 Å². The highest BCUT2D eigenvalue weighted by molar-refractivity contribution is 6.78. The molecule has 0 fully saturated rings. The van der Waals surface area contributed by atoms with Crippen LogP contribution in [0.3, 0.4) is 0 Å². The molecular weight excluding hydrogens is 368 g/mol. The van der Waals surface area contributed by atoms with Gasteiger partial charge in [-0.05, 0) is 6.42 Å². The van der Waals surface area contributed by atoms with Gasteiger partial charge in [0.1, 0.15) is 6.61 Å². The summed E-state index contributed by atoms with van der Waals surface area (Å²) in [6.07, 6.45) is 13.4. The Bertz CT molecular complexity index is 362. The molecule has 0 radical (unpaired) electrons. The molecule has 0 aliphatic heterocycles. The molecule has 0 N–H and O–H groups in total. The van der Waals surface area contributed by atoms with Crippen molar-refractivity contribution in [1.29, 1.82) is 0 Å². The Labute approximate surface area is 175 Å². The highest BCUT2D eigenvalue weighted by Crippen LogP contribution is 2.28. The summed E-state index contributed by atoms with van der Waals surface area (Å²) in [4.78, 5) is 10.9. The molecule has 0 saturated carbocycles. The maximum atomic E-state index is 10.9. The molecule has 0 heterocycles. The summed E-state index contributed by atoms with van der Waals surface area (Å²) in [5, 5.41) is 0. The Kier molecular flexibility index (Phi) is 19.2. The molecule has 0 amide bonds. The third kappa shape index (κ3) is 17.4. The van der Waals surface area contributed by atoms with Crippen LogP contribution in [0.2, 0.25) is 24.7 Å². The van der Waals surface area contributed by atoms with Crippen molar-refractivity contribution in [3.63, 3.8) is 0 Å². The quantitative estimate of drug-likeness (QED) is 0.0946. The fourth-order valence-corrected chi connectivity index (χ4v) is 7.47. The second kappa shape index (κ2) is 19.7. The summed E-state index contributed by atoms with van der Waals surface area (Å²) in [5.74, 6) is -0.406. The molecule has 0 unspecified atom stereocenters. The van der Waals surface area contributed by atoms with Crippen LogP contribution in [-0.2, 0) is 19.0 Å². The normalized spacial score (nSPS) is 11.5. The first-order valence-electron chi connectivity index (χ1n) is 11.5. The van der Waals surface area contributed by atoms with Gasteiger partial charge in [0.2, 0.25) is 0 Å². The van der Waals surface area contributed by atoms with E-state index < -0.39 is 14.0 Å². The van der Waals surface area contributed by atoms with E-state index in [0.29, 0.717) is 19.8 Å². The molecule has 4 nitrogen and oxygen atoms in total. The van der Waals surface area contributed by atoms with Gasteiger partial charge in [-0.2, -0.15) is 0 Å². The number of esters is 1. The van der Waals surface area contributed by atoms with Crippen molar-refractivity contribution in [2.24, 2.45) is 0 Å². The minimum atomic E-state index is -1.12. The van der Waals surface area contributed by atoms with Crippen molar-refractivity contribution in [2.45, 2.75) is 96.3 Å². The third-order valence-corrected chi connectivity index (χ3v) is 10.0. The van der Waals surface area contributed by atoms with E-state index in [9.17, 15) is 4.79 Å². The maximum Gasteiger partial charge on any atom is 0.330 e. The van der Waals surface area contributed by atoms with Crippen molar-refractivity contribution in [3.05, 3.63) is 12.7 Å². The lowest BCUT2D eigenvalue weighted by Gasteiger charge is -2.28. The molecule has 0 aromatic carbocycles. The maximum absolute atomic E-state index is 10.9. The van der Waals surface area contributed by atoms with E-state index in [1.54, 1.807) is 0 Å². The Morgan fingerprint density at radius 1 is 0.750 bits per heavy atom. The van der Waals surface area contributed by atoms with Crippen LogP contribution in [0.15, 0.2) is 12.7 Å². The van der Waals surface area contributed by atoms with E-state index in [2.05, 4.69) is 27.0 Å². The highest BCUT2D eigenvalue weighted by atomic mass is 28.3. The Morgan fingerprint density at radius 3 is 1.79 bits per heavy atom. The first-order valence-corrected chi connectivity index (χ1v) is 14.6. The van der Waals surface area contributed by atoms with Gasteiger partial charge < -0.3 is 14.2 Å². The number of unbranched alkanes of at least 4 members (excludes halogenated alkanes) is 6. The summed E-state index contributed by atoms with van der Waals surface area (Å²) >= 11 is 0. The van der Waals surface area contributed by atoms with Crippen molar-refractivity contribution >= 4 is 14.0 Å². The molecule has 0 bridgehead atoms. The van der Waals surface area contributed by atoms with Crippen molar-refractivity contribution in [3.8, 4) is 0 Å². The fraction of sp³-hybridized carbons (Fsp3) is 0.870. The lowest BCUT2D eigenvalue weighted by atomic mass is 10.2. The average molecular weight is 415 g/mol. The summed E-state index contributed by atoms with van der Waals surface area (Å²) in [6.45, 7) is 13.2. The summed E-state index contributed by atoms with van der Waals surface area (Å²) in [5.41, 5.74) is 0. The van der Waals surface area contributed by atoms with Gasteiger partial charge in [0, 0.05) is 12.7 Å². The van der Waals surface area contributed by atoms with Crippen LogP contribution in [-0.4, -0.2) is 47.1 Å². The van der Waals surface area contributed by atoms with Gasteiger partial charge in [-0.1, -0.05) is 96.5 Å². The Balaban J connectivity index is 3.83. The zero-order valence-corrected chi connectivity index (χ0v) is 19.9. The van der Waals surface area contributed by atoms with Gasteiger partial charge in [0.05, 0.1) is 27.9 Å². The SMILES string of the molecule is C=CC(=O)OCCOCCOCCC[Si](C)(CCCCCC)CCCCCC. The minimum absolute atomic E-state index is 0.269. The molecule has 0 aromatic heterocycles. The van der Waals surface area contributed by atoms with Crippen LogP contribution in [0.25, 0.3) is 0 Å². The van der Waals surface area contributed by atoms with E-state index in [4.69, 9.17) is 14.2 Å². The predicted octanol–water partition coefficient (Wildman–Crippen LogP) is 6.38. The van der Waals surface area contributed by atoms with Crippen LogP contribution >= 0.6 is 0 Å². The van der Waals surface area contributed by atoms with Crippen LogP contribution in [0, 0.1) is 0 Å². The zero-order chi connectivity index (χ0) is 20.9. The van der Waals surface area contributed by atoms with Crippen molar-refractivity contribution in [2.75, 3.05) is 33.0 Å². The molecule has 0 spiro atoms. The average Bonchev–Trinajstić information content (AvgIpc) is 2.70. The van der Waals surface area contributed by atoms with Gasteiger partial charge in [0.25, 0.3) is 0 Å². The van der Waals surface area contributed by atoms with Crippen molar-refractivity contribution < 1.29 is 19.0 Å². The molecule has 0 aliphatic carbocycles. The molecule has 0 aromatic rings. The molecule has 0 saturated heterocycles. The summed E-state index contributed by atoms with van der Waals surface area (Å²) in [7, 11) is -1.12. The van der Waals surface area contributed by atoms with Crippen LogP contribution in [0.4, 0.5) is 0 Å². The number of hydrogen-bond acceptors (Lipinski definition) is 4. The van der Waals surface area contributed by atoms with Gasteiger partial charge in [-0.3, -0.25) is 0 Å². The van der Waals surface area contributed by atoms with Crippen LogP contribution < -0.4 is 0 Å². The highest BCUT2D eigenvalue weighted by Gasteiger charge is 2.25. The number of hydrogen-bond donors (Lipinski definition) is 0. The first kappa shape index (κ1) is 27.3. The zero-order valence-electron chi connectivity index (χ0n) is 18.9. The van der Waals surface area contributed by atoms with Gasteiger partial charge in [-0.25, -0.2) is 4.79 Å². The molecular formula is C23H46O4Si. The molecule has 5 heteroatoms. The fourth-order valence-electron chi connectivity index (χ4n) is 3.52. The number of ether oxygens (including phenoxy) is 3. The largest absolute Gasteiger partial charge is 0.460 e. The van der Waals surface area contributed by atoms with E-state index in [-0.39, 0.29) is 6.61 Å². The third-order valence-electron chi connectivity index (χ3n) is 5.35. The summed E-state index contributed by atoms with van der Waals surface area (Å²) < 4.78 is 16.0. The lowest BCUT2D eigenvalue weighted by Crippen LogP contribution is -2.30. The molecule has 0 aliphatic rings. The lowest BCUT2D eigenvalue weighted by molar-refractivity contribution is -0.139. The molecule has 0 atom stereocenters. The number of rotatable bonds is 21. The van der Waals surface area contributed by atoms with E-state index in [0.717, 1.165) is 12.7 Å². The predicted molar refractivity (Wildman–Crippen MR) is 122 cm³/mol. The minimum Gasteiger partial charge on any atom is -0.460 e. The van der Waals surface area contributed by atoms with Gasteiger partial charge in [0.15, 0.2) is 0 Å². The monoisotopic (exact) mass is 414 g/mol. The van der Waals surface area contributed by atoms with Gasteiger partial charge in [-0.15, -0.1) is 0 Å². The molecule has 28 heavy (non-hydrogen) atoms.